The quantitative estimate of drug-likeness (QED) is 0.127. The van der Waals surface area contributed by atoms with Crippen LogP contribution in [0.4, 0.5) is 0 Å². The summed E-state index contributed by atoms with van der Waals surface area (Å²) in [6.07, 6.45) is 0. The minimum atomic E-state index is -1.12. The van der Waals surface area contributed by atoms with E-state index in [4.69, 9.17) is 9.84 Å². The van der Waals surface area contributed by atoms with Crippen LogP contribution in [-0.2, 0) is 16.1 Å². The first-order valence-corrected chi connectivity index (χ1v) is 17.0. The van der Waals surface area contributed by atoms with E-state index < -0.39 is 24.1 Å². The molecule has 0 atom stereocenters. The molecule has 0 spiro atoms. The lowest BCUT2D eigenvalue weighted by atomic mass is 10.0. The maximum atomic E-state index is 12.8. The van der Waals surface area contributed by atoms with Crippen LogP contribution in [0.15, 0.2) is 72.8 Å². The zero-order valence-electron chi connectivity index (χ0n) is 19.1. The Morgan fingerprint density at radius 2 is 1.57 bits per heavy atom. The van der Waals surface area contributed by atoms with Gasteiger partial charge in [-0.3, -0.25) is 9.59 Å². The van der Waals surface area contributed by atoms with Crippen LogP contribution in [0.5, 0.6) is 5.75 Å². The second-order valence-corrected chi connectivity index (χ2v) is 7.83. The molecule has 3 aromatic carbocycles. The Morgan fingerprint density at radius 1 is 0.914 bits per heavy atom. The molecule has 0 fully saturated rings. The Balaban J connectivity index is 0.00000167. The van der Waals surface area contributed by atoms with Gasteiger partial charge in [-0.2, -0.15) is 0 Å². The summed E-state index contributed by atoms with van der Waals surface area (Å²) in [5, 5.41) is 9.49. The van der Waals surface area contributed by atoms with Gasteiger partial charge >= 0.3 is 5.97 Å². The summed E-state index contributed by atoms with van der Waals surface area (Å²) in [5.41, 5.74) is 4.78. The molecule has 1 aromatic heterocycles. The Bertz CT molecular complexity index is 1380. The highest BCUT2D eigenvalue weighted by atomic mass is 128. The third kappa shape index (κ3) is 6.10. The number of fused-ring (bicyclic) bond motifs is 1. The molecular weight excluding hydrogens is 672 g/mol. The second-order valence-electron chi connectivity index (χ2n) is 7.83. The van der Waals surface area contributed by atoms with Gasteiger partial charge in [-0.15, -0.1) is 0 Å². The number of hydrogen-bond acceptors (Lipinski definition) is 4. The van der Waals surface area contributed by atoms with Crippen LogP contribution in [0.1, 0.15) is 28.5 Å². The van der Waals surface area contributed by atoms with Crippen LogP contribution in [0.3, 0.4) is 0 Å². The number of carbonyl (C=O) groups is 3. The molecule has 0 amide bonds. The SMILES string of the molecule is CC(=O)C(=O)c1c(C)n(Cc2cccc(-c3ccccc3)c2)c2cccc(OCC(=O)O)c12.II. The fourth-order valence-corrected chi connectivity index (χ4v) is 4.07. The van der Waals surface area contributed by atoms with Crippen LogP contribution in [-0.4, -0.2) is 33.8 Å². The predicted octanol–water partition coefficient (Wildman–Crippen LogP) is 6.67. The van der Waals surface area contributed by atoms with Gasteiger partial charge in [0.2, 0.25) is 5.78 Å². The second kappa shape index (κ2) is 12.3. The van der Waals surface area contributed by atoms with Gasteiger partial charge < -0.3 is 14.4 Å². The molecular formula is C27H23I2NO5. The minimum Gasteiger partial charge on any atom is -0.481 e. The van der Waals surface area contributed by atoms with Crippen molar-refractivity contribution in [1.29, 1.82) is 0 Å². The number of carbonyl (C=O) groups excluding carboxylic acids is 2. The maximum absolute atomic E-state index is 12.8. The van der Waals surface area contributed by atoms with Crippen molar-refractivity contribution < 1.29 is 24.2 Å². The average molecular weight is 695 g/mol. The molecule has 0 aliphatic carbocycles. The standard InChI is InChI=1S/C27H23NO5.I2/c1-17-25(27(32)18(2)29)26-22(12-7-13-23(26)33-16-24(30)31)28(17)15-19-8-6-11-21(14-19)20-9-4-3-5-10-20;1-2/h3-14H,15-16H2,1-2H3,(H,30,31);. The van der Waals surface area contributed by atoms with Crippen molar-refractivity contribution in [3.8, 4) is 16.9 Å². The molecule has 0 radical (unpaired) electrons. The summed E-state index contributed by atoms with van der Waals surface area (Å²) in [6.45, 7) is 2.94. The molecule has 0 aliphatic rings. The highest BCUT2D eigenvalue weighted by Crippen LogP contribution is 2.35. The first-order chi connectivity index (χ1) is 16.9. The maximum Gasteiger partial charge on any atom is 0.341 e. The highest BCUT2D eigenvalue weighted by molar-refractivity contribution is 15.0. The molecule has 35 heavy (non-hydrogen) atoms. The minimum absolute atomic E-state index is 0.248. The van der Waals surface area contributed by atoms with E-state index in [1.54, 1.807) is 19.1 Å². The van der Waals surface area contributed by atoms with Crippen molar-refractivity contribution in [3.63, 3.8) is 0 Å². The van der Waals surface area contributed by atoms with Crippen molar-refractivity contribution in [3.05, 3.63) is 89.6 Å². The Hall–Kier alpha value is -2.73. The van der Waals surface area contributed by atoms with E-state index in [2.05, 4.69) is 43.3 Å². The number of hydrogen-bond donors (Lipinski definition) is 1. The lowest BCUT2D eigenvalue weighted by Crippen LogP contribution is -2.13. The van der Waals surface area contributed by atoms with Crippen LogP contribution in [0, 0.1) is 6.92 Å². The van der Waals surface area contributed by atoms with Gasteiger partial charge in [0.1, 0.15) is 5.75 Å². The number of rotatable bonds is 8. The van der Waals surface area contributed by atoms with Gasteiger partial charge in [-0.25, -0.2) is 4.79 Å². The Kier molecular flexibility index (Phi) is 9.44. The van der Waals surface area contributed by atoms with E-state index in [1.807, 2.05) is 59.2 Å². The Labute approximate surface area is 226 Å². The first-order valence-electron chi connectivity index (χ1n) is 10.7. The van der Waals surface area contributed by atoms with E-state index in [0.717, 1.165) is 16.7 Å². The zero-order chi connectivity index (χ0) is 25.5. The van der Waals surface area contributed by atoms with Crippen molar-refractivity contribution in [1.82, 2.24) is 4.57 Å². The van der Waals surface area contributed by atoms with Gasteiger partial charge in [0, 0.05) is 56.4 Å². The molecule has 4 rings (SSSR count). The molecule has 4 aromatic rings. The number of carboxylic acids is 1. The van der Waals surface area contributed by atoms with Crippen LogP contribution in [0.25, 0.3) is 22.0 Å². The van der Waals surface area contributed by atoms with Crippen LogP contribution in [0.2, 0.25) is 0 Å². The number of benzene rings is 3. The van der Waals surface area contributed by atoms with Gasteiger partial charge in [0.25, 0.3) is 0 Å². The lowest BCUT2D eigenvalue weighted by Gasteiger charge is -2.11. The predicted molar refractivity (Wildman–Crippen MR) is 154 cm³/mol. The van der Waals surface area contributed by atoms with E-state index in [1.165, 1.54) is 6.92 Å². The van der Waals surface area contributed by atoms with E-state index in [9.17, 15) is 14.4 Å². The molecule has 0 unspecified atom stereocenters. The molecule has 6 nitrogen and oxygen atoms in total. The van der Waals surface area contributed by atoms with Crippen LogP contribution < -0.4 is 4.74 Å². The molecule has 1 N–H and O–H groups in total. The Morgan fingerprint density at radius 3 is 2.23 bits per heavy atom. The number of aliphatic carboxylic acids is 1. The van der Waals surface area contributed by atoms with Gasteiger partial charge in [0.15, 0.2) is 12.4 Å². The monoisotopic (exact) mass is 695 g/mol. The average Bonchev–Trinajstić information content (AvgIpc) is 3.15. The van der Waals surface area contributed by atoms with Crippen molar-refractivity contribution in [2.75, 3.05) is 6.61 Å². The number of nitrogens with zero attached hydrogens (tertiary/aromatic N) is 1. The summed E-state index contributed by atoms with van der Waals surface area (Å²) in [4.78, 5) is 35.9. The number of carboxylic acid groups (broad SMARTS) is 1. The summed E-state index contributed by atoms with van der Waals surface area (Å²) >= 11 is 4.24. The van der Waals surface area contributed by atoms with Crippen molar-refractivity contribution in [2.24, 2.45) is 0 Å². The van der Waals surface area contributed by atoms with Crippen molar-refractivity contribution in [2.45, 2.75) is 20.4 Å². The fourth-order valence-electron chi connectivity index (χ4n) is 4.07. The summed E-state index contributed by atoms with van der Waals surface area (Å²) < 4.78 is 7.43. The third-order valence-corrected chi connectivity index (χ3v) is 5.58. The summed E-state index contributed by atoms with van der Waals surface area (Å²) in [6, 6.07) is 23.4. The van der Waals surface area contributed by atoms with Crippen molar-refractivity contribution >= 4 is 65.7 Å². The summed E-state index contributed by atoms with van der Waals surface area (Å²) in [7, 11) is 0. The first kappa shape index (κ1) is 26.9. The fraction of sp³-hybridized carbons (Fsp3) is 0.148. The highest BCUT2D eigenvalue weighted by Gasteiger charge is 2.25. The normalized spacial score (nSPS) is 10.4. The molecule has 8 heteroatoms. The number of halogens is 2. The lowest BCUT2D eigenvalue weighted by molar-refractivity contribution is -0.139. The van der Waals surface area contributed by atoms with E-state index in [-0.39, 0.29) is 11.3 Å². The third-order valence-electron chi connectivity index (χ3n) is 5.58. The molecule has 1 heterocycles. The molecule has 0 aliphatic heterocycles. The van der Waals surface area contributed by atoms with Crippen LogP contribution >= 0.6 is 37.2 Å². The number of ketones is 2. The largest absolute Gasteiger partial charge is 0.481 e. The molecule has 0 bridgehead atoms. The number of Topliss-reactive ketones (excluding diaryl/α,β-unsaturated/α-hetero) is 2. The molecule has 0 saturated carbocycles. The molecule has 180 valence electrons. The smallest absolute Gasteiger partial charge is 0.341 e. The molecule has 0 saturated heterocycles. The number of ether oxygens (including phenoxy) is 1. The summed E-state index contributed by atoms with van der Waals surface area (Å²) in [5.74, 6) is -2.07. The zero-order valence-corrected chi connectivity index (χ0v) is 23.4. The van der Waals surface area contributed by atoms with Gasteiger partial charge in [0.05, 0.1) is 16.5 Å². The number of aromatic nitrogens is 1. The topological polar surface area (TPSA) is 85.6 Å². The van der Waals surface area contributed by atoms with E-state index >= 15 is 0 Å². The van der Waals surface area contributed by atoms with E-state index in [0.29, 0.717) is 23.1 Å². The van der Waals surface area contributed by atoms with Gasteiger partial charge in [-0.05, 0) is 41.8 Å². The van der Waals surface area contributed by atoms with Gasteiger partial charge in [-0.1, -0.05) is 54.6 Å².